The van der Waals surface area contributed by atoms with Crippen LogP contribution in [0.25, 0.3) is 0 Å². The van der Waals surface area contributed by atoms with E-state index in [-0.39, 0.29) is 5.78 Å². The van der Waals surface area contributed by atoms with Gasteiger partial charge in [-0.3, -0.25) is 4.79 Å². The summed E-state index contributed by atoms with van der Waals surface area (Å²) >= 11 is 0. The van der Waals surface area contributed by atoms with E-state index in [0.29, 0.717) is 23.5 Å². The zero-order valence-electron chi connectivity index (χ0n) is 19.4. The zero-order valence-corrected chi connectivity index (χ0v) is 19.4. The van der Waals surface area contributed by atoms with E-state index >= 15 is 0 Å². The molecule has 3 aromatic rings. The molecule has 0 aliphatic carbocycles. The zero-order chi connectivity index (χ0) is 23.0. The molecule has 170 valence electrons. The Morgan fingerprint density at radius 2 is 1.82 bits per heavy atom. The Kier molecular flexibility index (Phi) is 5.52. The second-order valence-corrected chi connectivity index (χ2v) is 9.05. The molecule has 2 aliphatic heterocycles. The molecule has 1 saturated heterocycles. The fourth-order valence-corrected chi connectivity index (χ4v) is 4.99. The molecule has 0 saturated carbocycles. The number of aryl methyl sites for hydroxylation is 2. The minimum atomic E-state index is -0.452. The number of piperidine rings is 1. The quantitative estimate of drug-likeness (QED) is 0.583. The van der Waals surface area contributed by atoms with E-state index in [1.54, 1.807) is 13.2 Å². The number of methoxy groups -OCH3 is 1. The van der Waals surface area contributed by atoms with Gasteiger partial charge in [0.15, 0.2) is 5.78 Å². The van der Waals surface area contributed by atoms with E-state index in [2.05, 4.69) is 41.1 Å². The predicted octanol–water partition coefficient (Wildman–Crippen LogP) is 4.70. The van der Waals surface area contributed by atoms with Crippen molar-refractivity contribution in [1.29, 1.82) is 0 Å². The minimum Gasteiger partial charge on any atom is -0.497 e. The third-order valence-electron chi connectivity index (χ3n) is 6.80. The van der Waals surface area contributed by atoms with Crippen LogP contribution >= 0.6 is 0 Å². The van der Waals surface area contributed by atoms with Crippen molar-refractivity contribution < 1.29 is 14.3 Å². The van der Waals surface area contributed by atoms with Gasteiger partial charge >= 0.3 is 0 Å². The largest absolute Gasteiger partial charge is 0.497 e. The lowest BCUT2D eigenvalue weighted by Gasteiger charge is -2.44. The molecule has 2 aliphatic rings. The second-order valence-electron chi connectivity index (χ2n) is 9.05. The second kappa shape index (κ2) is 8.50. The smallest absolute Gasteiger partial charge is 0.170 e. The molecule has 1 spiro atoms. The van der Waals surface area contributed by atoms with Gasteiger partial charge < -0.3 is 14.4 Å². The summed E-state index contributed by atoms with van der Waals surface area (Å²) in [6.45, 7) is 5.59. The maximum Gasteiger partial charge on any atom is 0.170 e. The molecule has 5 rings (SSSR count). The van der Waals surface area contributed by atoms with Gasteiger partial charge in [-0.25, -0.2) is 9.97 Å². The summed E-state index contributed by atoms with van der Waals surface area (Å²) < 4.78 is 11.7. The van der Waals surface area contributed by atoms with Crippen LogP contribution in [0.3, 0.4) is 0 Å². The summed E-state index contributed by atoms with van der Waals surface area (Å²) in [6, 6.07) is 15.9. The first-order chi connectivity index (χ1) is 16.0. The van der Waals surface area contributed by atoms with Gasteiger partial charge in [0, 0.05) is 43.6 Å². The van der Waals surface area contributed by atoms with Crippen LogP contribution in [0.1, 0.15) is 52.3 Å². The van der Waals surface area contributed by atoms with Gasteiger partial charge in [0.25, 0.3) is 0 Å². The maximum atomic E-state index is 13.0. The summed E-state index contributed by atoms with van der Waals surface area (Å²) in [5, 5.41) is 0. The van der Waals surface area contributed by atoms with Crippen molar-refractivity contribution in [1.82, 2.24) is 9.97 Å². The minimum absolute atomic E-state index is 0.127. The Bertz CT molecular complexity index is 1180. The van der Waals surface area contributed by atoms with Gasteiger partial charge in [-0.2, -0.15) is 0 Å². The van der Waals surface area contributed by atoms with Crippen molar-refractivity contribution in [3.63, 3.8) is 0 Å². The number of ether oxygens (including phenoxy) is 2. The average Bonchev–Trinajstić information content (AvgIpc) is 2.82. The molecule has 0 amide bonds. The summed E-state index contributed by atoms with van der Waals surface area (Å²) in [5.74, 6) is 3.26. The van der Waals surface area contributed by atoms with Gasteiger partial charge in [0.1, 0.15) is 28.7 Å². The van der Waals surface area contributed by atoms with E-state index in [4.69, 9.17) is 14.5 Å². The summed E-state index contributed by atoms with van der Waals surface area (Å²) in [7, 11) is 1.61. The lowest BCUT2D eigenvalue weighted by molar-refractivity contribution is 0.0230. The molecule has 6 nitrogen and oxygen atoms in total. The molecular formula is C27H29N3O3. The Morgan fingerprint density at radius 1 is 1.06 bits per heavy atom. The van der Waals surface area contributed by atoms with Gasteiger partial charge in [-0.15, -0.1) is 0 Å². The molecule has 3 heterocycles. The number of hydrogen-bond acceptors (Lipinski definition) is 6. The number of carbonyl (C=O) groups excluding carboxylic acids is 1. The van der Waals surface area contributed by atoms with Crippen LogP contribution in [0.4, 0.5) is 5.82 Å². The van der Waals surface area contributed by atoms with Crippen LogP contribution in [-0.2, 0) is 6.42 Å². The van der Waals surface area contributed by atoms with Crippen molar-refractivity contribution in [2.75, 3.05) is 25.1 Å². The predicted molar refractivity (Wildman–Crippen MR) is 128 cm³/mol. The number of ketones is 1. The topological polar surface area (TPSA) is 64.5 Å². The monoisotopic (exact) mass is 443 g/mol. The molecule has 0 atom stereocenters. The molecule has 0 radical (unpaired) electrons. The van der Waals surface area contributed by atoms with Crippen LogP contribution in [0.5, 0.6) is 11.5 Å². The third kappa shape index (κ3) is 4.17. The first kappa shape index (κ1) is 21.4. The van der Waals surface area contributed by atoms with Gasteiger partial charge in [0.05, 0.1) is 19.1 Å². The highest BCUT2D eigenvalue weighted by Crippen LogP contribution is 2.41. The molecule has 1 aromatic heterocycles. The number of nitrogens with zero attached hydrogens (tertiary/aromatic N) is 3. The molecule has 33 heavy (non-hydrogen) atoms. The number of aromatic nitrogens is 2. The van der Waals surface area contributed by atoms with E-state index in [0.717, 1.165) is 49.7 Å². The Hall–Kier alpha value is -3.41. The number of carbonyl (C=O) groups is 1. The van der Waals surface area contributed by atoms with E-state index in [1.807, 2.05) is 25.1 Å². The van der Waals surface area contributed by atoms with Crippen molar-refractivity contribution in [2.24, 2.45) is 0 Å². The molecule has 2 aromatic carbocycles. The summed E-state index contributed by atoms with van der Waals surface area (Å²) in [4.78, 5) is 24.8. The summed E-state index contributed by atoms with van der Waals surface area (Å²) in [5.41, 5.74) is 3.60. The lowest BCUT2D eigenvalue weighted by atomic mass is 9.82. The third-order valence-corrected chi connectivity index (χ3v) is 6.80. The van der Waals surface area contributed by atoms with Crippen molar-refractivity contribution >= 4 is 11.6 Å². The fraction of sp³-hybridized carbons (Fsp3) is 0.370. The lowest BCUT2D eigenvalue weighted by Crippen LogP contribution is -2.51. The van der Waals surface area contributed by atoms with E-state index < -0.39 is 5.60 Å². The number of rotatable bonds is 4. The van der Waals surface area contributed by atoms with Crippen molar-refractivity contribution in [3.05, 3.63) is 76.7 Å². The highest BCUT2D eigenvalue weighted by atomic mass is 16.5. The first-order valence-corrected chi connectivity index (χ1v) is 11.5. The van der Waals surface area contributed by atoms with Crippen LogP contribution in [0.2, 0.25) is 0 Å². The number of benzene rings is 2. The molecule has 1 fully saturated rings. The van der Waals surface area contributed by atoms with Gasteiger partial charge in [0.2, 0.25) is 0 Å². The Morgan fingerprint density at radius 3 is 2.55 bits per heavy atom. The number of Topliss-reactive ketones (excluding diaryl/α,β-unsaturated/α-hetero) is 1. The first-order valence-electron chi connectivity index (χ1n) is 11.5. The fourth-order valence-electron chi connectivity index (χ4n) is 4.99. The standard InChI is InChI=1S/C27H29N3O3/c1-18-22(15-20-7-5-4-6-8-20)26(29-19(2)28-18)30-13-11-27(12-14-30)17-24(31)23-16-21(32-3)9-10-25(23)33-27/h4-10,16H,11-15,17H2,1-3H3. The number of anilines is 1. The van der Waals surface area contributed by atoms with Crippen molar-refractivity contribution in [3.8, 4) is 11.5 Å². The Balaban J connectivity index is 1.38. The van der Waals surface area contributed by atoms with Gasteiger partial charge in [-0.1, -0.05) is 30.3 Å². The molecule has 0 bridgehead atoms. The van der Waals surface area contributed by atoms with Crippen LogP contribution in [-0.4, -0.2) is 41.6 Å². The van der Waals surface area contributed by atoms with Crippen LogP contribution in [0, 0.1) is 13.8 Å². The van der Waals surface area contributed by atoms with E-state index in [1.165, 1.54) is 11.1 Å². The SMILES string of the molecule is COc1ccc2c(c1)C(=O)CC1(CCN(c3nc(C)nc(C)c3Cc3ccccc3)CC1)O2. The average molecular weight is 444 g/mol. The normalized spacial score (nSPS) is 16.9. The van der Waals surface area contributed by atoms with Crippen LogP contribution in [0.15, 0.2) is 48.5 Å². The highest BCUT2D eigenvalue weighted by molar-refractivity contribution is 6.00. The Labute approximate surface area is 194 Å². The van der Waals surface area contributed by atoms with E-state index in [9.17, 15) is 4.79 Å². The molecule has 6 heteroatoms. The summed E-state index contributed by atoms with van der Waals surface area (Å²) in [6.07, 6.45) is 2.75. The van der Waals surface area contributed by atoms with Crippen LogP contribution < -0.4 is 14.4 Å². The number of fused-ring (bicyclic) bond motifs is 1. The molecule has 0 N–H and O–H groups in total. The highest BCUT2D eigenvalue weighted by Gasteiger charge is 2.43. The van der Waals surface area contributed by atoms with Crippen molar-refractivity contribution in [2.45, 2.75) is 45.1 Å². The number of hydrogen-bond donors (Lipinski definition) is 0. The molecule has 0 unspecified atom stereocenters. The van der Waals surface area contributed by atoms with Gasteiger partial charge in [-0.05, 0) is 37.6 Å². The molecular weight excluding hydrogens is 414 g/mol. The maximum absolute atomic E-state index is 13.0.